The smallest absolute Gasteiger partial charge is 0.303 e. The number of carboxylic acids is 1. The van der Waals surface area contributed by atoms with Crippen LogP contribution in [-0.4, -0.2) is 42.1 Å². The third-order valence-electron chi connectivity index (χ3n) is 3.30. The molecule has 1 heterocycles. The standard InChI is InChI=1S/C14H17NO4/c1-19-11-5-4-10-6-8-15(7-2-3-13(16)17)14(18)12(10)9-11/h4-5,9H,2-3,6-8H2,1H3,(H,16,17). The molecule has 0 aromatic heterocycles. The quantitative estimate of drug-likeness (QED) is 0.875. The average Bonchev–Trinajstić information content (AvgIpc) is 2.41. The Kier molecular flexibility index (Phi) is 4.04. The van der Waals surface area contributed by atoms with Gasteiger partial charge in [-0.2, -0.15) is 0 Å². The molecule has 1 aliphatic heterocycles. The molecule has 5 heteroatoms. The Balaban J connectivity index is 2.07. The van der Waals surface area contributed by atoms with E-state index in [1.54, 1.807) is 18.1 Å². The fraction of sp³-hybridized carbons (Fsp3) is 0.429. The third-order valence-corrected chi connectivity index (χ3v) is 3.30. The molecule has 5 nitrogen and oxygen atoms in total. The minimum absolute atomic E-state index is 0.0365. The van der Waals surface area contributed by atoms with Crippen LogP contribution in [0.25, 0.3) is 0 Å². The lowest BCUT2D eigenvalue weighted by Crippen LogP contribution is -2.38. The minimum atomic E-state index is -0.827. The molecule has 2 rings (SSSR count). The SMILES string of the molecule is COc1ccc2c(c1)C(=O)N(CCCC(=O)O)CC2. The van der Waals surface area contributed by atoms with Crippen molar-refractivity contribution in [2.75, 3.05) is 20.2 Å². The number of hydrogen-bond acceptors (Lipinski definition) is 3. The van der Waals surface area contributed by atoms with Crippen molar-refractivity contribution in [3.8, 4) is 5.75 Å². The molecular formula is C14H17NO4. The molecule has 0 unspecified atom stereocenters. The first-order chi connectivity index (χ1) is 9.11. The molecule has 0 fully saturated rings. The second kappa shape index (κ2) is 5.73. The van der Waals surface area contributed by atoms with Gasteiger partial charge in [-0.1, -0.05) is 6.07 Å². The van der Waals surface area contributed by atoms with Crippen LogP contribution >= 0.6 is 0 Å². The summed E-state index contributed by atoms with van der Waals surface area (Å²) < 4.78 is 5.13. The van der Waals surface area contributed by atoms with Crippen LogP contribution in [0.1, 0.15) is 28.8 Å². The van der Waals surface area contributed by atoms with Gasteiger partial charge in [-0.25, -0.2) is 0 Å². The monoisotopic (exact) mass is 263 g/mol. The summed E-state index contributed by atoms with van der Waals surface area (Å²) in [7, 11) is 1.57. The van der Waals surface area contributed by atoms with Gasteiger partial charge >= 0.3 is 5.97 Å². The molecular weight excluding hydrogens is 246 g/mol. The van der Waals surface area contributed by atoms with Gasteiger partial charge in [0.05, 0.1) is 7.11 Å². The molecule has 1 amide bonds. The summed E-state index contributed by atoms with van der Waals surface area (Å²) in [6, 6.07) is 5.52. The summed E-state index contributed by atoms with van der Waals surface area (Å²) in [4.78, 5) is 24.5. The van der Waals surface area contributed by atoms with Crippen molar-refractivity contribution in [2.45, 2.75) is 19.3 Å². The average molecular weight is 263 g/mol. The maximum Gasteiger partial charge on any atom is 0.303 e. The van der Waals surface area contributed by atoms with Crippen molar-refractivity contribution in [3.63, 3.8) is 0 Å². The van der Waals surface area contributed by atoms with Crippen LogP contribution in [0.5, 0.6) is 5.75 Å². The van der Waals surface area contributed by atoms with Gasteiger partial charge in [-0.3, -0.25) is 9.59 Å². The van der Waals surface area contributed by atoms with Crippen molar-refractivity contribution in [2.24, 2.45) is 0 Å². The number of benzene rings is 1. The Hall–Kier alpha value is -2.04. The van der Waals surface area contributed by atoms with Crippen molar-refractivity contribution < 1.29 is 19.4 Å². The molecule has 1 aromatic rings. The molecule has 1 N–H and O–H groups in total. The van der Waals surface area contributed by atoms with E-state index in [0.717, 1.165) is 12.0 Å². The van der Waals surface area contributed by atoms with Gasteiger partial charge in [0, 0.05) is 25.1 Å². The van der Waals surface area contributed by atoms with Gasteiger partial charge in [-0.05, 0) is 30.5 Å². The number of carbonyl (C=O) groups is 2. The van der Waals surface area contributed by atoms with Crippen molar-refractivity contribution >= 4 is 11.9 Å². The Morgan fingerprint density at radius 1 is 1.47 bits per heavy atom. The number of aliphatic carboxylic acids is 1. The van der Waals surface area contributed by atoms with Gasteiger partial charge < -0.3 is 14.7 Å². The van der Waals surface area contributed by atoms with Crippen LogP contribution in [0.3, 0.4) is 0 Å². The lowest BCUT2D eigenvalue weighted by Gasteiger charge is -2.28. The van der Waals surface area contributed by atoms with Gasteiger partial charge in [0.1, 0.15) is 5.75 Å². The first-order valence-electron chi connectivity index (χ1n) is 6.30. The lowest BCUT2D eigenvalue weighted by atomic mass is 9.98. The number of carbonyl (C=O) groups excluding carboxylic acids is 1. The first-order valence-corrected chi connectivity index (χ1v) is 6.30. The number of fused-ring (bicyclic) bond motifs is 1. The molecule has 0 bridgehead atoms. The van der Waals surface area contributed by atoms with Crippen LogP contribution < -0.4 is 4.74 Å². The zero-order valence-corrected chi connectivity index (χ0v) is 10.9. The molecule has 0 saturated carbocycles. The van der Waals surface area contributed by atoms with Crippen molar-refractivity contribution in [1.82, 2.24) is 4.90 Å². The van der Waals surface area contributed by atoms with E-state index in [4.69, 9.17) is 9.84 Å². The molecule has 1 aromatic carbocycles. The van der Waals surface area contributed by atoms with Crippen molar-refractivity contribution in [1.29, 1.82) is 0 Å². The van der Waals surface area contributed by atoms with E-state index in [2.05, 4.69) is 0 Å². The van der Waals surface area contributed by atoms with Crippen LogP contribution in [-0.2, 0) is 11.2 Å². The normalized spacial score (nSPS) is 14.2. The molecule has 0 spiro atoms. The topological polar surface area (TPSA) is 66.8 Å². The summed E-state index contributed by atoms with van der Waals surface area (Å²) in [6.07, 6.45) is 1.38. The van der Waals surface area contributed by atoms with Crippen LogP contribution in [0.2, 0.25) is 0 Å². The highest BCUT2D eigenvalue weighted by Gasteiger charge is 2.24. The summed E-state index contributed by atoms with van der Waals surface area (Å²) >= 11 is 0. The maximum absolute atomic E-state index is 12.3. The Morgan fingerprint density at radius 3 is 2.95 bits per heavy atom. The minimum Gasteiger partial charge on any atom is -0.497 e. The van der Waals surface area contributed by atoms with E-state index in [-0.39, 0.29) is 12.3 Å². The number of amides is 1. The summed E-state index contributed by atoms with van der Waals surface area (Å²) in [5.41, 5.74) is 1.70. The fourth-order valence-electron chi connectivity index (χ4n) is 2.26. The second-order valence-electron chi connectivity index (χ2n) is 4.56. The van der Waals surface area contributed by atoms with E-state index in [1.807, 2.05) is 12.1 Å². The van der Waals surface area contributed by atoms with Crippen LogP contribution in [0.15, 0.2) is 18.2 Å². The first kappa shape index (κ1) is 13.4. The molecule has 0 aliphatic carbocycles. The van der Waals surface area contributed by atoms with E-state index >= 15 is 0 Å². The molecule has 0 saturated heterocycles. The number of carboxylic acid groups (broad SMARTS) is 1. The fourth-order valence-corrected chi connectivity index (χ4v) is 2.26. The number of hydrogen-bond donors (Lipinski definition) is 1. The van der Waals surface area contributed by atoms with Gasteiger partial charge in [-0.15, -0.1) is 0 Å². The Bertz CT molecular complexity index is 498. The highest BCUT2D eigenvalue weighted by Crippen LogP contribution is 2.23. The van der Waals surface area contributed by atoms with Gasteiger partial charge in [0.15, 0.2) is 0 Å². The number of nitrogens with zero attached hydrogens (tertiary/aromatic N) is 1. The summed E-state index contributed by atoms with van der Waals surface area (Å²) in [6.45, 7) is 1.14. The largest absolute Gasteiger partial charge is 0.497 e. The van der Waals surface area contributed by atoms with E-state index < -0.39 is 5.97 Å². The number of rotatable bonds is 5. The van der Waals surface area contributed by atoms with E-state index in [1.165, 1.54) is 0 Å². The van der Waals surface area contributed by atoms with Gasteiger partial charge in [0.2, 0.25) is 0 Å². The zero-order valence-electron chi connectivity index (χ0n) is 10.9. The number of methoxy groups -OCH3 is 1. The summed E-state index contributed by atoms with van der Waals surface area (Å²) in [5, 5.41) is 8.61. The number of ether oxygens (including phenoxy) is 1. The zero-order chi connectivity index (χ0) is 13.8. The maximum atomic E-state index is 12.3. The lowest BCUT2D eigenvalue weighted by molar-refractivity contribution is -0.137. The highest BCUT2D eigenvalue weighted by molar-refractivity contribution is 5.97. The highest BCUT2D eigenvalue weighted by atomic mass is 16.5. The molecule has 0 radical (unpaired) electrons. The molecule has 1 aliphatic rings. The molecule has 0 atom stereocenters. The van der Waals surface area contributed by atoms with Gasteiger partial charge in [0.25, 0.3) is 5.91 Å². The second-order valence-corrected chi connectivity index (χ2v) is 4.56. The third kappa shape index (κ3) is 3.05. The predicted octanol–water partition coefficient (Wildman–Crippen LogP) is 1.56. The van der Waals surface area contributed by atoms with Crippen molar-refractivity contribution in [3.05, 3.63) is 29.3 Å². The van der Waals surface area contributed by atoms with E-state index in [9.17, 15) is 9.59 Å². The molecule has 102 valence electrons. The Labute approximate surface area is 111 Å². The Morgan fingerprint density at radius 2 is 2.26 bits per heavy atom. The van der Waals surface area contributed by atoms with Crippen LogP contribution in [0.4, 0.5) is 0 Å². The van der Waals surface area contributed by atoms with E-state index in [0.29, 0.717) is 30.8 Å². The summed E-state index contributed by atoms with van der Waals surface area (Å²) in [5.74, 6) is -0.198. The molecule has 19 heavy (non-hydrogen) atoms. The van der Waals surface area contributed by atoms with Crippen LogP contribution in [0, 0.1) is 0 Å². The predicted molar refractivity (Wildman–Crippen MR) is 69.5 cm³/mol.